The molecule has 0 spiro atoms. The van der Waals surface area contributed by atoms with E-state index >= 15 is 0 Å². The summed E-state index contributed by atoms with van der Waals surface area (Å²) in [6.45, 7) is 0.725. The van der Waals surface area contributed by atoms with E-state index in [1.807, 2.05) is 5.38 Å². The number of aromatic nitrogens is 1. The number of rotatable bonds is 5. The van der Waals surface area contributed by atoms with Crippen molar-refractivity contribution in [2.75, 3.05) is 12.5 Å². The fourth-order valence-corrected chi connectivity index (χ4v) is 1.67. The first-order valence-electron chi connectivity index (χ1n) is 3.37. The highest BCUT2D eigenvalue weighted by atomic mass is 35.5. The van der Waals surface area contributed by atoms with Crippen LogP contribution in [-0.2, 0) is 9.53 Å². The van der Waals surface area contributed by atoms with Crippen LogP contribution in [0.15, 0.2) is 10.9 Å². The van der Waals surface area contributed by atoms with E-state index in [0.29, 0.717) is 19.0 Å². The van der Waals surface area contributed by atoms with E-state index in [1.165, 1.54) is 11.3 Å². The monoisotopic (exact) mass is 205 g/mol. The van der Waals surface area contributed by atoms with E-state index in [4.69, 9.17) is 11.6 Å². The Bertz CT molecular complexity index is 227. The van der Waals surface area contributed by atoms with Gasteiger partial charge < -0.3 is 4.74 Å². The van der Waals surface area contributed by atoms with Gasteiger partial charge in [-0.3, -0.25) is 4.79 Å². The molecule has 3 nitrogen and oxygen atoms in total. The molecular formula is C7H8ClNO2S. The van der Waals surface area contributed by atoms with Gasteiger partial charge in [0.25, 0.3) is 6.47 Å². The minimum Gasteiger partial charge on any atom is -0.467 e. The van der Waals surface area contributed by atoms with Crippen molar-refractivity contribution in [1.82, 2.24) is 4.98 Å². The average Bonchev–Trinajstić information content (AvgIpc) is 2.59. The zero-order valence-electron chi connectivity index (χ0n) is 6.27. The number of halogens is 1. The number of ether oxygens (including phenoxy) is 1. The second-order valence-electron chi connectivity index (χ2n) is 2.19. The zero-order chi connectivity index (χ0) is 8.81. The van der Waals surface area contributed by atoms with Crippen molar-refractivity contribution >= 4 is 29.4 Å². The Hall–Kier alpha value is -0.610. The Labute approximate surface area is 79.3 Å². The van der Waals surface area contributed by atoms with Gasteiger partial charge in [0, 0.05) is 17.2 Å². The molecule has 0 fully saturated rings. The van der Waals surface area contributed by atoms with Crippen LogP contribution in [0.2, 0.25) is 0 Å². The molecule has 0 radical (unpaired) electrons. The smallest absolute Gasteiger partial charge is 0.293 e. The maximum atomic E-state index is 9.91. The summed E-state index contributed by atoms with van der Waals surface area (Å²) < 4.78 is 4.61. The fourth-order valence-electron chi connectivity index (χ4n) is 0.788. The average molecular weight is 206 g/mol. The number of thiazole rings is 1. The Kier molecular flexibility index (Phi) is 4.04. The summed E-state index contributed by atoms with van der Waals surface area (Å²) in [6, 6.07) is 0. The SMILES string of the molecule is O=COCC(CCl)c1cscn1. The van der Waals surface area contributed by atoms with Crippen LogP contribution in [0.5, 0.6) is 0 Å². The summed E-state index contributed by atoms with van der Waals surface area (Å²) in [5.41, 5.74) is 2.62. The van der Waals surface area contributed by atoms with Crippen molar-refractivity contribution in [1.29, 1.82) is 0 Å². The lowest BCUT2D eigenvalue weighted by molar-refractivity contribution is -0.129. The van der Waals surface area contributed by atoms with Gasteiger partial charge >= 0.3 is 0 Å². The van der Waals surface area contributed by atoms with Crippen LogP contribution in [0, 0.1) is 0 Å². The highest BCUT2D eigenvalue weighted by Crippen LogP contribution is 2.17. The number of nitrogens with zero attached hydrogens (tertiary/aromatic N) is 1. The lowest BCUT2D eigenvalue weighted by atomic mass is 10.1. The van der Waals surface area contributed by atoms with Gasteiger partial charge in [-0.1, -0.05) is 0 Å². The molecule has 1 atom stereocenters. The van der Waals surface area contributed by atoms with Crippen LogP contribution in [0.1, 0.15) is 11.6 Å². The normalized spacial score (nSPS) is 12.4. The van der Waals surface area contributed by atoms with Crippen LogP contribution in [-0.4, -0.2) is 23.9 Å². The third kappa shape index (κ3) is 2.46. The molecule has 0 bridgehead atoms. The molecule has 0 amide bonds. The van der Waals surface area contributed by atoms with Gasteiger partial charge in [0.15, 0.2) is 0 Å². The number of hydrogen-bond donors (Lipinski definition) is 0. The summed E-state index contributed by atoms with van der Waals surface area (Å²) in [4.78, 5) is 14.0. The molecule has 1 aromatic rings. The van der Waals surface area contributed by atoms with E-state index in [1.54, 1.807) is 5.51 Å². The number of hydrogen-bond acceptors (Lipinski definition) is 4. The van der Waals surface area contributed by atoms with Crippen LogP contribution >= 0.6 is 22.9 Å². The highest BCUT2D eigenvalue weighted by molar-refractivity contribution is 7.07. The Morgan fingerprint density at radius 1 is 1.83 bits per heavy atom. The fraction of sp³-hybridized carbons (Fsp3) is 0.429. The molecule has 0 aliphatic rings. The predicted molar refractivity (Wildman–Crippen MR) is 47.6 cm³/mol. The van der Waals surface area contributed by atoms with E-state index in [0.717, 1.165) is 5.69 Å². The molecule has 0 N–H and O–H groups in total. The molecule has 0 aliphatic carbocycles. The molecule has 1 heterocycles. The van der Waals surface area contributed by atoms with Gasteiger partial charge in [0.1, 0.15) is 6.61 Å². The lowest BCUT2D eigenvalue weighted by Crippen LogP contribution is -2.09. The predicted octanol–water partition coefficient (Wildman–Crippen LogP) is 1.64. The van der Waals surface area contributed by atoms with Crippen LogP contribution in [0.3, 0.4) is 0 Å². The first kappa shape index (κ1) is 9.48. The van der Waals surface area contributed by atoms with Crippen molar-refractivity contribution < 1.29 is 9.53 Å². The van der Waals surface area contributed by atoms with Crippen molar-refractivity contribution in [2.45, 2.75) is 5.92 Å². The minimum absolute atomic E-state index is 0.0168. The second kappa shape index (κ2) is 5.11. The molecule has 0 saturated heterocycles. The maximum Gasteiger partial charge on any atom is 0.293 e. The molecule has 1 aromatic heterocycles. The van der Waals surface area contributed by atoms with Crippen molar-refractivity contribution in [3.8, 4) is 0 Å². The van der Waals surface area contributed by atoms with Crippen molar-refractivity contribution in [2.24, 2.45) is 0 Å². The summed E-state index contributed by atoms with van der Waals surface area (Å²) in [6.07, 6.45) is 0. The summed E-state index contributed by atoms with van der Waals surface area (Å²) in [5, 5.41) is 1.90. The molecule has 1 rings (SSSR count). The van der Waals surface area contributed by atoms with Crippen molar-refractivity contribution in [3.05, 3.63) is 16.6 Å². The molecule has 1 unspecified atom stereocenters. The molecule has 12 heavy (non-hydrogen) atoms. The summed E-state index contributed by atoms with van der Waals surface area (Å²) >= 11 is 7.17. The van der Waals surface area contributed by atoms with E-state index < -0.39 is 0 Å². The summed E-state index contributed by atoms with van der Waals surface area (Å²) in [7, 11) is 0. The molecule has 0 aliphatic heterocycles. The standard InChI is InChI=1S/C7H8ClNO2S/c8-1-6(2-11-5-10)7-3-12-4-9-7/h3-6H,1-2H2. The van der Waals surface area contributed by atoms with Gasteiger partial charge in [-0.25, -0.2) is 4.98 Å². The van der Waals surface area contributed by atoms with Gasteiger partial charge in [0.05, 0.1) is 11.2 Å². The quantitative estimate of drug-likeness (QED) is 0.542. The second-order valence-corrected chi connectivity index (χ2v) is 3.22. The largest absolute Gasteiger partial charge is 0.467 e. The van der Waals surface area contributed by atoms with E-state index in [2.05, 4.69) is 9.72 Å². The van der Waals surface area contributed by atoms with Gasteiger partial charge in [0.2, 0.25) is 0 Å². The lowest BCUT2D eigenvalue weighted by Gasteiger charge is -2.08. The Morgan fingerprint density at radius 2 is 2.67 bits per heavy atom. The number of carbonyl (C=O) groups excluding carboxylic acids is 1. The first-order chi connectivity index (χ1) is 5.88. The third-order valence-corrected chi connectivity index (χ3v) is 2.40. The minimum atomic E-state index is 0.0168. The van der Waals surface area contributed by atoms with Gasteiger partial charge in [-0.2, -0.15) is 0 Å². The molecule has 0 saturated carbocycles. The highest BCUT2D eigenvalue weighted by Gasteiger charge is 2.12. The number of alkyl halides is 1. The Morgan fingerprint density at radius 3 is 3.17 bits per heavy atom. The van der Waals surface area contributed by atoms with Crippen LogP contribution < -0.4 is 0 Å². The molecule has 5 heteroatoms. The van der Waals surface area contributed by atoms with E-state index in [-0.39, 0.29) is 5.92 Å². The Balaban J connectivity index is 2.51. The van der Waals surface area contributed by atoms with Gasteiger partial charge in [-0.05, 0) is 0 Å². The molecular weight excluding hydrogens is 198 g/mol. The topological polar surface area (TPSA) is 39.2 Å². The number of carbonyl (C=O) groups is 1. The first-order valence-corrected chi connectivity index (χ1v) is 4.85. The van der Waals surface area contributed by atoms with Crippen LogP contribution in [0.4, 0.5) is 0 Å². The summed E-state index contributed by atoms with van der Waals surface area (Å²) in [5.74, 6) is 0.431. The zero-order valence-corrected chi connectivity index (χ0v) is 7.85. The van der Waals surface area contributed by atoms with Gasteiger partial charge in [-0.15, -0.1) is 22.9 Å². The molecule has 0 aromatic carbocycles. The third-order valence-electron chi connectivity index (χ3n) is 1.42. The van der Waals surface area contributed by atoms with Crippen LogP contribution in [0.25, 0.3) is 0 Å². The van der Waals surface area contributed by atoms with Crippen molar-refractivity contribution in [3.63, 3.8) is 0 Å². The molecule has 66 valence electrons. The van der Waals surface area contributed by atoms with E-state index in [9.17, 15) is 4.79 Å². The maximum absolute atomic E-state index is 9.91.